The first-order valence-electron chi connectivity index (χ1n) is 10.9. The summed E-state index contributed by atoms with van der Waals surface area (Å²) in [7, 11) is -3.70. The monoisotopic (exact) mass is 479 g/mol. The lowest BCUT2D eigenvalue weighted by molar-refractivity contribution is -0.143. The van der Waals surface area contributed by atoms with Crippen LogP contribution in [0.3, 0.4) is 0 Å². The molecule has 0 amide bonds. The van der Waals surface area contributed by atoms with Gasteiger partial charge in [0.15, 0.2) is 9.84 Å². The predicted octanol–water partition coefficient (Wildman–Crippen LogP) is 4.61. The largest absolute Gasteiger partial charge is 0.481 e. The molecule has 172 valence electrons. The van der Waals surface area contributed by atoms with Crippen LogP contribution >= 0.6 is 11.6 Å². The van der Waals surface area contributed by atoms with Crippen LogP contribution in [0.2, 0.25) is 5.02 Å². The average Bonchev–Trinajstić information content (AvgIpc) is 3.20. The molecule has 2 aliphatic rings. The van der Waals surface area contributed by atoms with E-state index in [2.05, 4.69) is 4.90 Å². The van der Waals surface area contributed by atoms with Gasteiger partial charge in [0.05, 0.1) is 21.1 Å². The third-order valence-corrected chi connectivity index (χ3v) is 9.65. The fourth-order valence-electron chi connectivity index (χ4n) is 5.20. The number of carboxylic acids is 1. The lowest BCUT2D eigenvalue weighted by Crippen LogP contribution is -2.38. The molecule has 0 radical (unpaired) electrons. The summed E-state index contributed by atoms with van der Waals surface area (Å²) in [5.74, 6) is -1.73. The third kappa shape index (κ3) is 4.85. The number of carbonyl (C=O) groups is 1. The fraction of sp³-hybridized carbons (Fsp3) is 0.458. The molecule has 8 heteroatoms. The minimum atomic E-state index is -3.70. The van der Waals surface area contributed by atoms with Gasteiger partial charge < -0.3 is 10.0 Å². The van der Waals surface area contributed by atoms with Crippen molar-refractivity contribution in [3.63, 3.8) is 0 Å². The Kier molecular flexibility index (Phi) is 6.89. The molecule has 32 heavy (non-hydrogen) atoms. The molecule has 5 nitrogen and oxygen atoms in total. The number of piperidine rings is 1. The summed E-state index contributed by atoms with van der Waals surface area (Å²) >= 11 is 6.13. The number of likely N-dealkylation sites (tertiary alicyclic amines) is 1. The van der Waals surface area contributed by atoms with E-state index in [4.69, 9.17) is 11.6 Å². The zero-order valence-electron chi connectivity index (χ0n) is 17.7. The van der Waals surface area contributed by atoms with Crippen molar-refractivity contribution >= 4 is 27.4 Å². The Balaban J connectivity index is 1.42. The molecule has 1 aliphatic heterocycles. The summed E-state index contributed by atoms with van der Waals surface area (Å²) in [5.41, 5.74) is 1.13. The maximum atomic E-state index is 13.2. The van der Waals surface area contributed by atoms with Crippen LogP contribution in [0.15, 0.2) is 53.4 Å². The van der Waals surface area contributed by atoms with E-state index >= 15 is 0 Å². The van der Waals surface area contributed by atoms with Crippen LogP contribution < -0.4 is 0 Å². The minimum Gasteiger partial charge on any atom is -0.481 e. The highest BCUT2D eigenvalue weighted by molar-refractivity contribution is 7.92. The molecule has 0 bridgehead atoms. The first-order valence-corrected chi connectivity index (χ1v) is 12.9. The molecule has 1 heterocycles. The average molecular weight is 480 g/mol. The van der Waals surface area contributed by atoms with E-state index in [0.717, 1.165) is 31.5 Å². The van der Waals surface area contributed by atoms with Crippen molar-refractivity contribution < 1.29 is 22.7 Å². The SMILES string of the molecule is O=C(O)[C@@H]1C[C@H](S(=O)(=O)c2ccccc2Cl)C[C@H]1CN1CCC(c2ccc(F)cc2)CC1. The zero-order chi connectivity index (χ0) is 22.9. The lowest BCUT2D eigenvalue weighted by Gasteiger charge is -2.34. The molecule has 2 fully saturated rings. The zero-order valence-corrected chi connectivity index (χ0v) is 19.2. The van der Waals surface area contributed by atoms with Crippen molar-refractivity contribution in [3.8, 4) is 0 Å². The number of nitrogens with zero attached hydrogens (tertiary/aromatic N) is 1. The van der Waals surface area contributed by atoms with E-state index in [9.17, 15) is 22.7 Å². The van der Waals surface area contributed by atoms with Crippen molar-refractivity contribution in [3.05, 3.63) is 64.9 Å². The summed E-state index contributed by atoms with van der Waals surface area (Å²) in [6.45, 7) is 2.20. The maximum absolute atomic E-state index is 13.2. The topological polar surface area (TPSA) is 74.7 Å². The van der Waals surface area contributed by atoms with Gasteiger partial charge in [0.1, 0.15) is 5.82 Å². The Morgan fingerprint density at radius 2 is 1.72 bits per heavy atom. The second-order valence-corrected chi connectivity index (χ2v) is 11.5. The molecule has 2 aromatic rings. The number of carboxylic acid groups (broad SMARTS) is 1. The van der Waals surface area contributed by atoms with Crippen LogP contribution in [0.1, 0.15) is 37.2 Å². The number of hydrogen-bond acceptors (Lipinski definition) is 4. The van der Waals surface area contributed by atoms with E-state index in [0.29, 0.717) is 18.9 Å². The Morgan fingerprint density at radius 1 is 1.06 bits per heavy atom. The van der Waals surface area contributed by atoms with Crippen molar-refractivity contribution in [1.29, 1.82) is 0 Å². The van der Waals surface area contributed by atoms with Gasteiger partial charge in [-0.2, -0.15) is 0 Å². The Morgan fingerprint density at radius 3 is 2.34 bits per heavy atom. The number of sulfone groups is 1. The maximum Gasteiger partial charge on any atom is 0.306 e. The predicted molar refractivity (Wildman–Crippen MR) is 121 cm³/mol. The van der Waals surface area contributed by atoms with Crippen molar-refractivity contribution in [1.82, 2.24) is 4.90 Å². The summed E-state index contributed by atoms with van der Waals surface area (Å²) in [4.78, 5) is 14.2. The van der Waals surface area contributed by atoms with Crippen molar-refractivity contribution in [2.75, 3.05) is 19.6 Å². The van der Waals surface area contributed by atoms with E-state index in [1.165, 1.54) is 18.2 Å². The minimum absolute atomic E-state index is 0.0802. The first-order chi connectivity index (χ1) is 15.3. The van der Waals surface area contributed by atoms with E-state index in [1.807, 2.05) is 12.1 Å². The lowest BCUT2D eigenvalue weighted by atomic mass is 9.88. The first kappa shape index (κ1) is 23.2. The second-order valence-electron chi connectivity index (χ2n) is 8.90. The van der Waals surface area contributed by atoms with Gasteiger partial charge in [-0.25, -0.2) is 12.8 Å². The molecule has 1 N–H and O–H groups in total. The molecular formula is C24H27ClFNO4S. The van der Waals surface area contributed by atoms with Gasteiger partial charge in [0.25, 0.3) is 0 Å². The summed E-state index contributed by atoms with van der Waals surface area (Å²) in [6, 6.07) is 13.0. The number of benzene rings is 2. The molecule has 4 rings (SSSR count). The number of aliphatic carboxylic acids is 1. The van der Waals surface area contributed by atoms with Crippen molar-refractivity contribution in [2.45, 2.75) is 41.7 Å². The quantitative estimate of drug-likeness (QED) is 0.654. The Bertz CT molecular complexity index is 1070. The van der Waals surface area contributed by atoms with Crippen LogP contribution in [0, 0.1) is 17.7 Å². The summed E-state index contributed by atoms with van der Waals surface area (Å²) < 4.78 is 39.5. The highest BCUT2D eigenvalue weighted by atomic mass is 35.5. The number of hydrogen-bond donors (Lipinski definition) is 1. The number of rotatable bonds is 6. The Hall–Kier alpha value is -1.96. The second kappa shape index (κ2) is 9.49. The molecule has 1 saturated carbocycles. The number of halogens is 2. The molecule has 0 aromatic heterocycles. The summed E-state index contributed by atoms with van der Waals surface area (Å²) in [5, 5.41) is 9.19. The van der Waals surface area contributed by atoms with Gasteiger partial charge in [-0.1, -0.05) is 35.9 Å². The van der Waals surface area contributed by atoms with Crippen LogP contribution in [0.25, 0.3) is 0 Å². The molecular weight excluding hydrogens is 453 g/mol. The van der Waals surface area contributed by atoms with E-state index in [-0.39, 0.29) is 28.1 Å². The standard InChI is InChI=1S/C24H27ClFNO4S/c25-22-3-1-2-4-23(22)32(30,31)20-13-18(21(14-20)24(28)29)15-27-11-9-17(10-12-27)16-5-7-19(26)8-6-16/h1-8,17-18,20-21H,9-15H2,(H,28,29)/t18-,20+,21+/m0/s1. The van der Waals surface area contributed by atoms with Gasteiger partial charge in [0.2, 0.25) is 0 Å². The molecule has 1 aliphatic carbocycles. The molecule has 0 unspecified atom stereocenters. The molecule has 3 atom stereocenters. The molecule has 0 spiro atoms. The van der Waals surface area contributed by atoms with Gasteiger partial charge in [0, 0.05) is 6.54 Å². The highest BCUT2D eigenvalue weighted by Gasteiger charge is 2.45. The highest BCUT2D eigenvalue weighted by Crippen LogP contribution is 2.41. The summed E-state index contributed by atoms with van der Waals surface area (Å²) in [6.07, 6.45) is 2.26. The molecule has 1 saturated heterocycles. The van der Waals surface area contributed by atoms with Crippen LogP contribution in [-0.2, 0) is 14.6 Å². The van der Waals surface area contributed by atoms with Crippen molar-refractivity contribution in [2.24, 2.45) is 11.8 Å². The normalized spacial score (nSPS) is 25.1. The van der Waals surface area contributed by atoms with Gasteiger partial charge >= 0.3 is 5.97 Å². The van der Waals surface area contributed by atoms with Crippen LogP contribution in [0.5, 0.6) is 0 Å². The van der Waals surface area contributed by atoms with Gasteiger partial charge in [-0.3, -0.25) is 4.79 Å². The third-order valence-electron chi connectivity index (χ3n) is 6.97. The van der Waals surface area contributed by atoms with Gasteiger partial charge in [-0.05, 0) is 80.4 Å². The smallest absolute Gasteiger partial charge is 0.306 e. The Labute approximate surface area is 193 Å². The van der Waals surface area contributed by atoms with Gasteiger partial charge in [-0.15, -0.1) is 0 Å². The van der Waals surface area contributed by atoms with Crippen LogP contribution in [0.4, 0.5) is 4.39 Å². The van der Waals surface area contributed by atoms with E-state index < -0.39 is 27.0 Å². The van der Waals surface area contributed by atoms with Crippen LogP contribution in [-0.4, -0.2) is 49.3 Å². The fourth-order valence-corrected chi connectivity index (χ4v) is 7.59. The van der Waals surface area contributed by atoms with E-state index in [1.54, 1.807) is 18.2 Å². The molecule has 2 aromatic carbocycles.